The molecule has 0 aliphatic carbocycles. The van der Waals surface area contributed by atoms with Crippen molar-refractivity contribution < 1.29 is 4.79 Å². The van der Waals surface area contributed by atoms with Crippen LogP contribution < -0.4 is 11.1 Å². The smallest absolute Gasteiger partial charge is 0.224 e. The average Bonchev–Trinajstić information content (AvgIpc) is 2.38. The van der Waals surface area contributed by atoms with E-state index in [1.165, 1.54) is 25.9 Å². The summed E-state index contributed by atoms with van der Waals surface area (Å²) in [6, 6.07) is 0. The van der Waals surface area contributed by atoms with Crippen molar-refractivity contribution in [2.75, 3.05) is 32.7 Å². The highest BCUT2D eigenvalue weighted by Crippen LogP contribution is 2.16. The lowest BCUT2D eigenvalue weighted by Crippen LogP contribution is -2.41. The second-order valence-corrected chi connectivity index (χ2v) is 4.96. The molecule has 3 N–H and O–H groups in total. The van der Waals surface area contributed by atoms with Crippen LogP contribution in [0, 0.1) is 11.8 Å². The van der Waals surface area contributed by atoms with Crippen LogP contribution >= 0.6 is 0 Å². The van der Waals surface area contributed by atoms with E-state index >= 15 is 0 Å². The Bertz CT molecular complexity index is 221. The third-order valence-electron chi connectivity index (χ3n) is 3.87. The Morgan fingerprint density at radius 1 is 1.41 bits per heavy atom. The normalized spacial score (nSPS) is 20.2. The van der Waals surface area contributed by atoms with Gasteiger partial charge in [-0.05, 0) is 44.8 Å². The summed E-state index contributed by atoms with van der Waals surface area (Å²) < 4.78 is 0. The van der Waals surface area contributed by atoms with Crippen molar-refractivity contribution in [1.29, 1.82) is 0 Å². The molecule has 1 heterocycles. The average molecular weight is 241 g/mol. The Kier molecular flexibility index (Phi) is 6.52. The number of hydrogen-bond acceptors (Lipinski definition) is 3. The first-order chi connectivity index (χ1) is 8.21. The minimum Gasteiger partial charge on any atom is -0.356 e. The second-order valence-electron chi connectivity index (χ2n) is 4.96. The number of carbonyl (C=O) groups is 1. The van der Waals surface area contributed by atoms with Crippen molar-refractivity contribution in [1.82, 2.24) is 10.2 Å². The minimum absolute atomic E-state index is 0.00858. The van der Waals surface area contributed by atoms with Gasteiger partial charge in [0.05, 0.1) is 0 Å². The predicted molar refractivity (Wildman–Crippen MR) is 70.7 cm³/mol. The van der Waals surface area contributed by atoms with Crippen LogP contribution in [0.2, 0.25) is 0 Å². The van der Waals surface area contributed by atoms with Gasteiger partial charge in [-0.1, -0.05) is 13.8 Å². The number of piperidine rings is 1. The SMILES string of the molecule is CCC(CN)C(=O)NCC1CCN(CC)CC1. The summed E-state index contributed by atoms with van der Waals surface area (Å²) >= 11 is 0. The van der Waals surface area contributed by atoms with Gasteiger partial charge < -0.3 is 16.0 Å². The third kappa shape index (κ3) is 4.64. The Hall–Kier alpha value is -0.610. The molecule has 0 saturated carbocycles. The summed E-state index contributed by atoms with van der Waals surface area (Å²) in [4.78, 5) is 14.2. The summed E-state index contributed by atoms with van der Waals surface area (Å²) in [6.45, 7) is 8.98. The van der Waals surface area contributed by atoms with Gasteiger partial charge in [0.15, 0.2) is 0 Å². The Morgan fingerprint density at radius 2 is 2.06 bits per heavy atom. The highest BCUT2D eigenvalue weighted by Gasteiger charge is 2.20. The van der Waals surface area contributed by atoms with Crippen molar-refractivity contribution in [2.24, 2.45) is 17.6 Å². The first kappa shape index (κ1) is 14.5. The van der Waals surface area contributed by atoms with E-state index in [1.807, 2.05) is 6.92 Å². The molecule has 0 radical (unpaired) electrons. The first-order valence-corrected chi connectivity index (χ1v) is 6.91. The van der Waals surface area contributed by atoms with Crippen molar-refractivity contribution in [3.63, 3.8) is 0 Å². The monoisotopic (exact) mass is 241 g/mol. The van der Waals surface area contributed by atoms with E-state index in [2.05, 4.69) is 17.1 Å². The number of rotatable bonds is 6. The number of amides is 1. The molecule has 1 atom stereocenters. The molecule has 1 aliphatic rings. The van der Waals surface area contributed by atoms with Crippen LogP contribution in [0.1, 0.15) is 33.1 Å². The Morgan fingerprint density at radius 3 is 2.53 bits per heavy atom. The molecule has 0 aromatic carbocycles. The first-order valence-electron chi connectivity index (χ1n) is 6.91. The molecule has 1 amide bonds. The number of likely N-dealkylation sites (tertiary alicyclic amines) is 1. The molecule has 0 spiro atoms. The van der Waals surface area contributed by atoms with Crippen molar-refractivity contribution in [3.8, 4) is 0 Å². The number of hydrogen-bond donors (Lipinski definition) is 2. The second kappa shape index (κ2) is 7.67. The van der Waals surface area contributed by atoms with E-state index in [-0.39, 0.29) is 11.8 Å². The van der Waals surface area contributed by atoms with Gasteiger partial charge in [0.1, 0.15) is 0 Å². The fourth-order valence-electron chi connectivity index (χ4n) is 2.36. The van der Waals surface area contributed by atoms with Crippen LogP contribution in [0.4, 0.5) is 0 Å². The molecular formula is C13H27N3O. The Balaban J connectivity index is 2.21. The molecular weight excluding hydrogens is 214 g/mol. The van der Waals surface area contributed by atoms with E-state index < -0.39 is 0 Å². The van der Waals surface area contributed by atoms with Gasteiger partial charge in [0.2, 0.25) is 5.91 Å². The van der Waals surface area contributed by atoms with Gasteiger partial charge in [0, 0.05) is 19.0 Å². The molecule has 4 nitrogen and oxygen atoms in total. The zero-order valence-corrected chi connectivity index (χ0v) is 11.2. The summed E-state index contributed by atoms with van der Waals surface area (Å²) in [5, 5.41) is 3.05. The number of carbonyl (C=O) groups excluding carboxylic acids is 1. The molecule has 0 aromatic heterocycles. The highest BCUT2D eigenvalue weighted by molar-refractivity contribution is 5.78. The zero-order valence-electron chi connectivity index (χ0n) is 11.2. The molecule has 1 fully saturated rings. The molecule has 0 bridgehead atoms. The molecule has 17 heavy (non-hydrogen) atoms. The van der Waals surface area contributed by atoms with E-state index in [4.69, 9.17) is 5.73 Å². The minimum atomic E-state index is -0.00858. The van der Waals surface area contributed by atoms with Gasteiger partial charge in [-0.3, -0.25) is 4.79 Å². The van der Waals surface area contributed by atoms with E-state index in [9.17, 15) is 4.79 Å². The van der Waals surface area contributed by atoms with Gasteiger partial charge in [0.25, 0.3) is 0 Å². The van der Waals surface area contributed by atoms with Crippen LogP contribution in [-0.4, -0.2) is 43.5 Å². The van der Waals surface area contributed by atoms with Crippen molar-refractivity contribution >= 4 is 5.91 Å². The quantitative estimate of drug-likeness (QED) is 0.724. The summed E-state index contributed by atoms with van der Waals surface area (Å²) in [5.74, 6) is 0.774. The van der Waals surface area contributed by atoms with Gasteiger partial charge in [-0.2, -0.15) is 0 Å². The fraction of sp³-hybridized carbons (Fsp3) is 0.923. The van der Waals surface area contributed by atoms with E-state index in [0.29, 0.717) is 12.5 Å². The number of nitrogens with two attached hydrogens (primary N) is 1. The van der Waals surface area contributed by atoms with Crippen LogP contribution in [0.3, 0.4) is 0 Å². The molecule has 1 saturated heterocycles. The summed E-state index contributed by atoms with van der Waals surface area (Å²) in [6.07, 6.45) is 3.23. The van der Waals surface area contributed by atoms with E-state index in [0.717, 1.165) is 19.5 Å². The Labute approximate surface area is 105 Å². The number of nitrogens with one attached hydrogen (secondary N) is 1. The lowest BCUT2D eigenvalue weighted by atomic mass is 9.96. The third-order valence-corrected chi connectivity index (χ3v) is 3.87. The van der Waals surface area contributed by atoms with Gasteiger partial charge >= 0.3 is 0 Å². The molecule has 100 valence electrons. The predicted octanol–water partition coefficient (Wildman–Crippen LogP) is 0.819. The topological polar surface area (TPSA) is 58.4 Å². The van der Waals surface area contributed by atoms with Crippen LogP contribution in [0.15, 0.2) is 0 Å². The summed E-state index contributed by atoms with van der Waals surface area (Å²) in [7, 11) is 0. The van der Waals surface area contributed by atoms with Crippen molar-refractivity contribution in [2.45, 2.75) is 33.1 Å². The lowest BCUT2D eigenvalue weighted by molar-refractivity contribution is -0.125. The molecule has 1 aliphatic heterocycles. The maximum absolute atomic E-state index is 11.8. The van der Waals surface area contributed by atoms with Gasteiger partial charge in [-0.15, -0.1) is 0 Å². The van der Waals surface area contributed by atoms with E-state index in [1.54, 1.807) is 0 Å². The highest BCUT2D eigenvalue weighted by atomic mass is 16.1. The maximum Gasteiger partial charge on any atom is 0.224 e. The zero-order chi connectivity index (χ0) is 12.7. The van der Waals surface area contributed by atoms with Gasteiger partial charge in [-0.25, -0.2) is 0 Å². The number of nitrogens with zero attached hydrogens (tertiary/aromatic N) is 1. The molecule has 1 rings (SSSR count). The van der Waals surface area contributed by atoms with Crippen LogP contribution in [0.5, 0.6) is 0 Å². The van der Waals surface area contributed by atoms with Crippen molar-refractivity contribution in [3.05, 3.63) is 0 Å². The maximum atomic E-state index is 11.8. The fourth-order valence-corrected chi connectivity index (χ4v) is 2.36. The molecule has 1 unspecified atom stereocenters. The summed E-state index contributed by atoms with van der Waals surface area (Å²) in [5.41, 5.74) is 5.56. The molecule has 4 heteroatoms. The largest absolute Gasteiger partial charge is 0.356 e. The van der Waals surface area contributed by atoms with Crippen LogP contribution in [0.25, 0.3) is 0 Å². The lowest BCUT2D eigenvalue weighted by Gasteiger charge is -2.31. The van der Waals surface area contributed by atoms with Crippen LogP contribution in [-0.2, 0) is 4.79 Å². The molecule has 0 aromatic rings. The standard InChI is InChI=1S/C13H27N3O/c1-3-12(9-14)13(17)15-10-11-5-7-16(4-2)8-6-11/h11-12H,3-10,14H2,1-2H3,(H,15,17).